The third-order valence-corrected chi connectivity index (χ3v) is 7.36. The van der Waals surface area contributed by atoms with Crippen LogP contribution in [-0.4, -0.2) is 86.2 Å². The normalized spacial score (nSPS) is 12.3. The van der Waals surface area contributed by atoms with E-state index in [4.69, 9.17) is 9.47 Å². The molecule has 7 nitrogen and oxygen atoms in total. The molecule has 1 amide bonds. The Kier molecular flexibility index (Phi) is 11.3. The van der Waals surface area contributed by atoms with Gasteiger partial charge >= 0.3 is 0 Å². The fourth-order valence-corrected chi connectivity index (χ4v) is 4.75. The van der Waals surface area contributed by atoms with Gasteiger partial charge in [-0.2, -0.15) is 0 Å². The first-order chi connectivity index (χ1) is 16.1. The van der Waals surface area contributed by atoms with Crippen LogP contribution in [0.1, 0.15) is 22.3 Å². The van der Waals surface area contributed by atoms with E-state index in [9.17, 15) is 9.35 Å². The summed E-state index contributed by atoms with van der Waals surface area (Å²) in [5.41, 5.74) is 4.22. The third-order valence-electron chi connectivity index (χ3n) is 5.62. The summed E-state index contributed by atoms with van der Waals surface area (Å²) in [5.74, 6) is 0.673. The van der Waals surface area contributed by atoms with Gasteiger partial charge < -0.3 is 23.8 Å². The van der Waals surface area contributed by atoms with Crippen LogP contribution in [0, 0.1) is 13.8 Å². The zero-order valence-corrected chi connectivity index (χ0v) is 22.4. The molecule has 2 aromatic carbocycles. The summed E-state index contributed by atoms with van der Waals surface area (Å²) in [5, 5.41) is 0. The number of methoxy groups -OCH3 is 1. The van der Waals surface area contributed by atoms with Crippen molar-refractivity contribution in [3.63, 3.8) is 0 Å². The van der Waals surface area contributed by atoms with E-state index in [1.54, 1.807) is 30.4 Å². The van der Waals surface area contributed by atoms with E-state index in [1.807, 2.05) is 26.0 Å². The van der Waals surface area contributed by atoms with E-state index in [2.05, 4.69) is 43.3 Å². The van der Waals surface area contributed by atoms with Gasteiger partial charge in [-0.1, -0.05) is 24.3 Å². The molecule has 0 aliphatic heterocycles. The minimum Gasteiger partial charge on any atom is -0.593 e. The van der Waals surface area contributed by atoms with Crippen molar-refractivity contribution < 1.29 is 18.8 Å². The van der Waals surface area contributed by atoms with Gasteiger partial charge in [0.25, 0.3) is 0 Å². The highest BCUT2D eigenvalue weighted by Crippen LogP contribution is 2.27. The van der Waals surface area contributed by atoms with Gasteiger partial charge in [-0.05, 0) is 57.6 Å². The zero-order valence-electron chi connectivity index (χ0n) is 21.6. The standard InChI is InChI=1S/C26H39N3O4S/c1-20-16-24(32-7)17-21(2)26(20)34(31)29(6)14-15-33-19-25(30)28(5)18-23-10-8-22(9-11-23)12-13-27(3)4/h8-11,16-17H,12-15,18-19H2,1-7H3. The van der Waals surface area contributed by atoms with Crippen LogP contribution >= 0.6 is 0 Å². The van der Waals surface area contributed by atoms with Crippen LogP contribution in [-0.2, 0) is 33.9 Å². The highest BCUT2D eigenvalue weighted by Gasteiger charge is 2.24. The molecule has 0 fully saturated rings. The maximum Gasteiger partial charge on any atom is 0.248 e. The van der Waals surface area contributed by atoms with E-state index < -0.39 is 11.4 Å². The van der Waals surface area contributed by atoms with E-state index in [1.165, 1.54) is 5.56 Å². The highest BCUT2D eigenvalue weighted by molar-refractivity contribution is 7.89. The Bertz CT molecular complexity index is 898. The summed E-state index contributed by atoms with van der Waals surface area (Å²) in [6.45, 7) is 6.17. The summed E-state index contributed by atoms with van der Waals surface area (Å²) in [7, 11) is 9.32. The maximum absolute atomic E-state index is 13.0. The SMILES string of the molecule is COc1cc(C)c([S+]([O-])N(C)CCOCC(=O)N(C)Cc2ccc(CCN(C)C)cc2)c(C)c1. The summed E-state index contributed by atoms with van der Waals surface area (Å²) < 4.78 is 25.6. The van der Waals surface area contributed by atoms with Gasteiger partial charge in [0.05, 0.1) is 31.6 Å². The largest absolute Gasteiger partial charge is 0.593 e. The Hall–Kier alpha value is -2.10. The lowest BCUT2D eigenvalue weighted by Crippen LogP contribution is -2.33. The van der Waals surface area contributed by atoms with Gasteiger partial charge in [-0.3, -0.25) is 4.79 Å². The number of ether oxygens (including phenoxy) is 2. The van der Waals surface area contributed by atoms with Gasteiger partial charge in [0, 0.05) is 38.3 Å². The Morgan fingerprint density at radius 3 is 2.12 bits per heavy atom. The Morgan fingerprint density at radius 1 is 0.971 bits per heavy atom. The average molecular weight is 490 g/mol. The summed E-state index contributed by atoms with van der Waals surface area (Å²) >= 11 is -1.32. The van der Waals surface area contributed by atoms with E-state index in [0.29, 0.717) is 19.7 Å². The molecule has 0 aromatic heterocycles. The smallest absolute Gasteiger partial charge is 0.248 e. The molecule has 0 N–H and O–H groups in total. The van der Waals surface area contributed by atoms with Gasteiger partial charge in [0.15, 0.2) is 4.90 Å². The number of likely N-dealkylation sites (N-methyl/N-ethyl adjacent to an activating group) is 3. The number of hydrogen-bond acceptors (Lipinski definition) is 6. The van der Waals surface area contributed by atoms with Gasteiger partial charge in [0.1, 0.15) is 12.4 Å². The Labute approximate surface area is 207 Å². The number of benzene rings is 2. The highest BCUT2D eigenvalue weighted by atomic mass is 32.2. The van der Waals surface area contributed by atoms with E-state index >= 15 is 0 Å². The van der Waals surface area contributed by atoms with Crippen molar-refractivity contribution in [1.82, 2.24) is 14.1 Å². The van der Waals surface area contributed by atoms with E-state index in [0.717, 1.165) is 40.3 Å². The van der Waals surface area contributed by atoms with Gasteiger partial charge in [0.2, 0.25) is 5.91 Å². The number of amides is 1. The fraction of sp³-hybridized carbons (Fsp3) is 0.500. The van der Waals surface area contributed by atoms with Crippen molar-refractivity contribution in [2.75, 3.05) is 61.6 Å². The van der Waals surface area contributed by atoms with Gasteiger partial charge in [-0.15, -0.1) is 4.31 Å². The van der Waals surface area contributed by atoms with Crippen LogP contribution in [0.5, 0.6) is 5.75 Å². The maximum atomic E-state index is 13.0. The topological polar surface area (TPSA) is 68.3 Å². The molecular weight excluding hydrogens is 450 g/mol. The molecule has 0 heterocycles. The number of nitrogens with zero attached hydrogens (tertiary/aromatic N) is 3. The lowest BCUT2D eigenvalue weighted by Gasteiger charge is -2.23. The summed E-state index contributed by atoms with van der Waals surface area (Å²) in [6.07, 6.45) is 1.01. The molecule has 2 rings (SSSR count). The minimum atomic E-state index is -1.32. The van der Waals surface area contributed by atoms with E-state index in [-0.39, 0.29) is 12.5 Å². The van der Waals surface area contributed by atoms with Crippen molar-refractivity contribution in [3.8, 4) is 5.75 Å². The van der Waals surface area contributed by atoms with Crippen molar-refractivity contribution in [1.29, 1.82) is 0 Å². The summed E-state index contributed by atoms with van der Waals surface area (Å²) in [4.78, 5) is 17.1. The quantitative estimate of drug-likeness (QED) is 0.318. The number of carbonyl (C=O) groups excluding carboxylic acids is 1. The number of hydrogen-bond donors (Lipinski definition) is 0. The molecule has 188 valence electrons. The predicted octanol–water partition coefficient (Wildman–Crippen LogP) is 3.05. The second-order valence-electron chi connectivity index (χ2n) is 8.86. The molecule has 0 spiro atoms. The van der Waals surface area contributed by atoms with Crippen LogP contribution in [0.2, 0.25) is 0 Å². The summed E-state index contributed by atoms with van der Waals surface area (Å²) in [6, 6.07) is 12.2. The second-order valence-corrected chi connectivity index (χ2v) is 10.4. The number of rotatable bonds is 13. The van der Waals surface area contributed by atoms with Crippen LogP contribution < -0.4 is 4.74 Å². The van der Waals surface area contributed by atoms with Crippen molar-refractivity contribution in [3.05, 3.63) is 58.7 Å². The molecule has 0 aliphatic rings. The number of carbonyl (C=O) groups is 1. The molecule has 0 saturated carbocycles. The van der Waals surface area contributed by atoms with Gasteiger partial charge in [-0.25, -0.2) is 0 Å². The second kappa shape index (κ2) is 13.7. The minimum absolute atomic E-state index is 0.00150. The third kappa shape index (κ3) is 8.60. The molecule has 1 atom stereocenters. The monoisotopic (exact) mass is 489 g/mol. The first-order valence-corrected chi connectivity index (χ1v) is 12.6. The molecule has 8 heteroatoms. The molecule has 0 saturated heterocycles. The van der Waals surface area contributed by atoms with Crippen LogP contribution in [0.4, 0.5) is 0 Å². The number of aryl methyl sites for hydroxylation is 2. The van der Waals surface area contributed by atoms with Crippen LogP contribution in [0.25, 0.3) is 0 Å². The first-order valence-electron chi connectivity index (χ1n) is 11.4. The van der Waals surface area contributed by atoms with Crippen LogP contribution in [0.3, 0.4) is 0 Å². The Morgan fingerprint density at radius 2 is 1.56 bits per heavy atom. The first kappa shape index (κ1) is 28.1. The average Bonchev–Trinajstić information content (AvgIpc) is 2.80. The van der Waals surface area contributed by atoms with Crippen molar-refractivity contribution in [2.45, 2.75) is 31.7 Å². The van der Waals surface area contributed by atoms with Crippen molar-refractivity contribution >= 4 is 17.3 Å². The fourth-order valence-electron chi connectivity index (χ4n) is 3.53. The molecule has 2 aromatic rings. The lowest BCUT2D eigenvalue weighted by atomic mass is 10.1. The van der Waals surface area contributed by atoms with Crippen LogP contribution in [0.15, 0.2) is 41.3 Å². The molecule has 0 bridgehead atoms. The molecule has 0 aliphatic carbocycles. The molecule has 34 heavy (non-hydrogen) atoms. The van der Waals surface area contributed by atoms with Crippen molar-refractivity contribution in [2.24, 2.45) is 0 Å². The molecular formula is C26H39N3O4S. The lowest BCUT2D eigenvalue weighted by molar-refractivity contribution is -0.135. The Balaban J connectivity index is 1.76. The zero-order chi connectivity index (χ0) is 25.3. The molecule has 0 radical (unpaired) electrons. The predicted molar refractivity (Wildman–Crippen MR) is 137 cm³/mol. The molecule has 1 unspecified atom stereocenters.